The van der Waals surface area contributed by atoms with Crippen molar-refractivity contribution in [2.45, 2.75) is 97.1 Å². The lowest BCUT2D eigenvalue weighted by atomic mass is 9.44. The quantitative estimate of drug-likeness (QED) is 0.639. The van der Waals surface area contributed by atoms with Crippen LogP contribution in [-0.4, -0.2) is 20.3 Å². The van der Waals surface area contributed by atoms with Crippen LogP contribution in [0.15, 0.2) is 18.7 Å². The molecule has 30 heavy (non-hydrogen) atoms. The Morgan fingerprint density at radius 1 is 1.03 bits per heavy atom. The topological polar surface area (TPSA) is 38.0 Å². The number of rotatable bonds is 2. The van der Waals surface area contributed by atoms with E-state index in [1.165, 1.54) is 44.9 Å². The molecule has 4 fully saturated rings. The molecule has 4 aliphatic carbocycles. The average Bonchev–Trinajstić information content (AvgIpc) is 3.35. The van der Waals surface area contributed by atoms with Gasteiger partial charge in [0.25, 0.3) is 0 Å². The molecule has 3 heteroatoms. The van der Waals surface area contributed by atoms with E-state index in [9.17, 15) is 5.11 Å². The molecule has 1 heterocycles. The summed E-state index contributed by atoms with van der Waals surface area (Å²) >= 11 is 0. The first-order chi connectivity index (χ1) is 14.4. The van der Waals surface area contributed by atoms with E-state index in [1.807, 2.05) is 10.8 Å². The third-order valence-corrected chi connectivity index (χ3v) is 10.6. The second-order valence-corrected chi connectivity index (χ2v) is 11.7. The maximum Gasteiger partial charge on any atom is 0.125 e. The molecule has 4 aliphatic rings. The van der Waals surface area contributed by atoms with Crippen molar-refractivity contribution >= 4 is 0 Å². The highest BCUT2D eigenvalue weighted by atomic mass is 16.3. The fraction of sp³-hybridized carbons (Fsp3) is 0.815. The number of aromatic nitrogens is 2. The molecule has 0 aliphatic heterocycles. The van der Waals surface area contributed by atoms with Gasteiger partial charge in [0, 0.05) is 12.4 Å². The van der Waals surface area contributed by atoms with Crippen molar-refractivity contribution in [2.24, 2.45) is 40.4 Å². The lowest BCUT2D eigenvalue weighted by molar-refractivity contribution is -0.138. The summed E-state index contributed by atoms with van der Waals surface area (Å²) in [7, 11) is 0. The SMILES string of the molecule is CC[C@H]1CC[C@H]2[C@@H]3CCC4CC(O)(C#CCn5ccnc5)CC[C@]4(C)[C@H]3CC[C@]12C. The highest BCUT2D eigenvalue weighted by molar-refractivity contribution is 5.19. The molecule has 0 bridgehead atoms. The van der Waals surface area contributed by atoms with E-state index >= 15 is 0 Å². The first-order valence-corrected chi connectivity index (χ1v) is 12.6. The van der Waals surface area contributed by atoms with Gasteiger partial charge in [-0.25, -0.2) is 4.98 Å². The van der Waals surface area contributed by atoms with Crippen molar-refractivity contribution in [3.63, 3.8) is 0 Å². The summed E-state index contributed by atoms with van der Waals surface area (Å²) in [6.45, 7) is 8.26. The van der Waals surface area contributed by atoms with Crippen LogP contribution in [0.5, 0.6) is 0 Å². The average molecular weight is 409 g/mol. The summed E-state index contributed by atoms with van der Waals surface area (Å²) in [5.74, 6) is 10.8. The Hall–Kier alpha value is -1.27. The van der Waals surface area contributed by atoms with E-state index in [4.69, 9.17) is 0 Å². The maximum absolute atomic E-state index is 11.3. The molecule has 164 valence electrons. The van der Waals surface area contributed by atoms with E-state index in [0.29, 0.717) is 23.3 Å². The first-order valence-electron chi connectivity index (χ1n) is 12.6. The summed E-state index contributed by atoms with van der Waals surface area (Å²) in [4.78, 5) is 4.08. The van der Waals surface area contributed by atoms with E-state index in [2.05, 4.69) is 37.6 Å². The molecule has 3 nitrogen and oxygen atoms in total. The second-order valence-electron chi connectivity index (χ2n) is 11.7. The van der Waals surface area contributed by atoms with Crippen molar-refractivity contribution in [3.05, 3.63) is 18.7 Å². The van der Waals surface area contributed by atoms with Gasteiger partial charge in [-0.05, 0) is 98.2 Å². The number of aliphatic hydroxyl groups is 1. The highest BCUT2D eigenvalue weighted by Crippen LogP contribution is 2.68. The molecule has 1 aromatic rings. The monoisotopic (exact) mass is 408 g/mol. The molecule has 0 spiro atoms. The normalized spacial score (nSPS) is 47.5. The van der Waals surface area contributed by atoms with Gasteiger partial charge < -0.3 is 9.67 Å². The summed E-state index contributed by atoms with van der Waals surface area (Å²) in [5, 5.41) is 11.3. The van der Waals surface area contributed by atoms with Gasteiger partial charge in [-0.15, -0.1) is 0 Å². The lowest BCUT2D eigenvalue weighted by Crippen LogP contribution is -2.55. The second kappa shape index (κ2) is 7.40. The van der Waals surface area contributed by atoms with Gasteiger partial charge in [0.15, 0.2) is 0 Å². The van der Waals surface area contributed by atoms with E-state index in [1.54, 1.807) is 12.5 Å². The summed E-state index contributed by atoms with van der Waals surface area (Å²) in [5.41, 5.74) is 0.224. The Balaban J connectivity index is 1.31. The summed E-state index contributed by atoms with van der Waals surface area (Å²) in [6, 6.07) is 0. The maximum atomic E-state index is 11.3. The molecule has 0 radical (unpaired) electrons. The van der Waals surface area contributed by atoms with Crippen molar-refractivity contribution in [2.75, 3.05) is 0 Å². The Bertz CT molecular complexity index is 822. The van der Waals surface area contributed by atoms with Crippen LogP contribution in [0.2, 0.25) is 0 Å². The Kier molecular flexibility index (Phi) is 5.09. The Labute approximate surface area is 183 Å². The van der Waals surface area contributed by atoms with Crippen LogP contribution in [0, 0.1) is 52.3 Å². The fourth-order valence-electron chi connectivity index (χ4n) is 8.81. The zero-order valence-corrected chi connectivity index (χ0v) is 19.2. The number of nitrogens with zero attached hydrogens (tertiary/aromatic N) is 2. The zero-order valence-electron chi connectivity index (χ0n) is 19.2. The molecular weight excluding hydrogens is 368 g/mol. The van der Waals surface area contributed by atoms with E-state index < -0.39 is 5.60 Å². The van der Waals surface area contributed by atoms with Crippen molar-refractivity contribution in [1.82, 2.24) is 9.55 Å². The molecule has 0 aromatic carbocycles. The van der Waals surface area contributed by atoms with Crippen LogP contribution in [0.3, 0.4) is 0 Å². The van der Waals surface area contributed by atoms with Crippen LogP contribution in [0.4, 0.5) is 0 Å². The molecule has 2 unspecified atom stereocenters. The predicted octanol–water partition coefficient (Wildman–Crippen LogP) is 5.69. The number of hydrogen-bond donors (Lipinski definition) is 1. The third kappa shape index (κ3) is 3.17. The molecule has 5 rings (SSSR count). The standard InChI is InChI=1S/C27H40N2O/c1-4-20-7-9-23-22-8-6-21-18-27(30,11-5-16-29-17-15-28-19-29)14-13-26(21,3)24(22)10-12-25(20,23)2/h15,17,19-24,30H,4,6-10,12-14,16,18H2,1-3H3/t20-,21?,22-,23-,24-,25+,26-,27?/m0/s1. The highest BCUT2D eigenvalue weighted by Gasteiger charge is 2.60. The van der Waals surface area contributed by atoms with Gasteiger partial charge in [-0.1, -0.05) is 39.0 Å². The molecule has 1 N–H and O–H groups in total. The number of fused-ring (bicyclic) bond motifs is 5. The van der Waals surface area contributed by atoms with Gasteiger partial charge in [0.05, 0.1) is 12.9 Å². The van der Waals surface area contributed by atoms with Crippen LogP contribution in [0.1, 0.15) is 85.0 Å². The zero-order chi connectivity index (χ0) is 21.0. The van der Waals surface area contributed by atoms with E-state index in [-0.39, 0.29) is 0 Å². The molecule has 0 saturated heterocycles. The van der Waals surface area contributed by atoms with Gasteiger partial charge in [0.1, 0.15) is 5.60 Å². The van der Waals surface area contributed by atoms with E-state index in [0.717, 1.165) is 42.9 Å². The molecular formula is C27H40N2O. The lowest BCUT2D eigenvalue weighted by Gasteiger charge is -2.61. The van der Waals surface area contributed by atoms with Gasteiger partial charge >= 0.3 is 0 Å². The third-order valence-electron chi connectivity index (χ3n) is 10.6. The first kappa shape index (κ1) is 20.6. The fourth-order valence-corrected chi connectivity index (χ4v) is 8.81. The Morgan fingerprint density at radius 3 is 2.63 bits per heavy atom. The van der Waals surface area contributed by atoms with Crippen molar-refractivity contribution in [1.29, 1.82) is 0 Å². The molecule has 4 saturated carbocycles. The van der Waals surface area contributed by atoms with Crippen LogP contribution in [-0.2, 0) is 6.54 Å². The summed E-state index contributed by atoms with van der Waals surface area (Å²) < 4.78 is 1.97. The molecule has 8 atom stereocenters. The molecule has 0 amide bonds. The minimum Gasteiger partial charge on any atom is -0.378 e. The van der Waals surface area contributed by atoms with Gasteiger partial charge in [-0.3, -0.25) is 0 Å². The summed E-state index contributed by atoms with van der Waals surface area (Å²) in [6.07, 6.45) is 18.2. The number of hydrogen-bond acceptors (Lipinski definition) is 2. The smallest absolute Gasteiger partial charge is 0.125 e. The molecule has 1 aromatic heterocycles. The van der Waals surface area contributed by atoms with Crippen LogP contribution < -0.4 is 0 Å². The van der Waals surface area contributed by atoms with Gasteiger partial charge in [-0.2, -0.15) is 0 Å². The van der Waals surface area contributed by atoms with Crippen molar-refractivity contribution in [3.8, 4) is 11.8 Å². The largest absolute Gasteiger partial charge is 0.378 e. The minimum atomic E-state index is -0.790. The minimum absolute atomic E-state index is 0.410. The predicted molar refractivity (Wildman–Crippen MR) is 120 cm³/mol. The van der Waals surface area contributed by atoms with Gasteiger partial charge in [0.2, 0.25) is 0 Å². The van der Waals surface area contributed by atoms with Crippen LogP contribution >= 0.6 is 0 Å². The van der Waals surface area contributed by atoms with Crippen LogP contribution in [0.25, 0.3) is 0 Å². The Morgan fingerprint density at radius 2 is 1.87 bits per heavy atom. The van der Waals surface area contributed by atoms with Crippen molar-refractivity contribution < 1.29 is 5.11 Å². The number of imidazole rings is 1.